The number of ketones is 1. The molecule has 0 saturated carbocycles. The smallest absolute Gasteiger partial charge is 0.141 e. The number of methoxy groups -OCH3 is 1. The van der Waals surface area contributed by atoms with E-state index in [9.17, 15) is 4.79 Å². The molecule has 1 aliphatic rings. The standard InChI is InChI=1S/C13H13NO2/c1-16-10-4-2-9-3-5-13(15)11(6-7-14)12(9)8-10/h2,4,8,11H,3,5-6H2,1H3. The molecule has 16 heavy (non-hydrogen) atoms. The number of hydrogen-bond donors (Lipinski definition) is 0. The molecule has 82 valence electrons. The maximum atomic E-state index is 11.8. The summed E-state index contributed by atoms with van der Waals surface area (Å²) in [6, 6.07) is 7.86. The zero-order valence-corrected chi connectivity index (χ0v) is 9.19. The number of benzene rings is 1. The Hall–Kier alpha value is -1.82. The number of aryl methyl sites for hydroxylation is 1. The van der Waals surface area contributed by atoms with Crippen LogP contribution in [0, 0.1) is 11.3 Å². The number of hydrogen-bond acceptors (Lipinski definition) is 3. The van der Waals surface area contributed by atoms with Gasteiger partial charge in [-0.05, 0) is 29.7 Å². The Bertz CT molecular complexity index is 459. The normalized spacial score (nSPS) is 18.8. The van der Waals surface area contributed by atoms with Crippen molar-refractivity contribution in [2.75, 3.05) is 7.11 Å². The van der Waals surface area contributed by atoms with E-state index in [-0.39, 0.29) is 18.1 Å². The third-order valence-corrected chi connectivity index (χ3v) is 3.05. The SMILES string of the molecule is COc1ccc2c(c1)C(CC#N)C(=O)CC2. The summed E-state index contributed by atoms with van der Waals surface area (Å²) in [4.78, 5) is 11.8. The minimum atomic E-state index is -0.260. The van der Waals surface area contributed by atoms with Gasteiger partial charge in [0.15, 0.2) is 0 Å². The third-order valence-electron chi connectivity index (χ3n) is 3.05. The molecule has 0 N–H and O–H groups in total. The molecule has 2 rings (SSSR count). The van der Waals surface area contributed by atoms with Crippen LogP contribution < -0.4 is 4.74 Å². The van der Waals surface area contributed by atoms with Crippen molar-refractivity contribution in [3.05, 3.63) is 29.3 Å². The Balaban J connectivity index is 2.44. The lowest BCUT2D eigenvalue weighted by Gasteiger charge is -2.23. The molecule has 0 aliphatic heterocycles. The minimum Gasteiger partial charge on any atom is -0.497 e. The van der Waals surface area contributed by atoms with Crippen LogP contribution in [0.2, 0.25) is 0 Å². The Kier molecular flexibility index (Phi) is 2.91. The van der Waals surface area contributed by atoms with Crippen molar-refractivity contribution in [1.29, 1.82) is 5.26 Å². The van der Waals surface area contributed by atoms with Crippen LogP contribution in [0.5, 0.6) is 5.75 Å². The van der Waals surface area contributed by atoms with Gasteiger partial charge in [-0.2, -0.15) is 5.26 Å². The lowest BCUT2D eigenvalue weighted by Crippen LogP contribution is -2.20. The van der Waals surface area contributed by atoms with Crippen LogP contribution in [-0.2, 0) is 11.2 Å². The zero-order chi connectivity index (χ0) is 11.5. The van der Waals surface area contributed by atoms with Crippen molar-refractivity contribution in [1.82, 2.24) is 0 Å². The van der Waals surface area contributed by atoms with Gasteiger partial charge < -0.3 is 4.74 Å². The third kappa shape index (κ3) is 1.79. The lowest BCUT2D eigenvalue weighted by molar-refractivity contribution is -0.120. The van der Waals surface area contributed by atoms with Crippen LogP contribution in [-0.4, -0.2) is 12.9 Å². The number of carbonyl (C=O) groups is 1. The number of nitriles is 1. The number of Topliss-reactive ketones (excluding diaryl/α,β-unsaturated/α-hetero) is 1. The van der Waals surface area contributed by atoms with Crippen LogP contribution in [0.4, 0.5) is 0 Å². The first-order valence-electron chi connectivity index (χ1n) is 5.32. The molecular weight excluding hydrogens is 202 g/mol. The average molecular weight is 215 g/mol. The highest BCUT2D eigenvalue weighted by molar-refractivity contribution is 5.88. The van der Waals surface area contributed by atoms with Gasteiger partial charge >= 0.3 is 0 Å². The van der Waals surface area contributed by atoms with E-state index in [1.54, 1.807) is 7.11 Å². The van der Waals surface area contributed by atoms with Crippen molar-refractivity contribution in [2.24, 2.45) is 0 Å². The summed E-state index contributed by atoms with van der Waals surface area (Å²) in [6.45, 7) is 0. The van der Waals surface area contributed by atoms with Crippen molar-refractivity contribution < 1.29 is 9.53 Å². The van der Waals surface area contributed by atoms with Crippen molar-refractivity contribution in [3.63, 3.8) is 0 Å². The molecule has 0 amide bonds. The molecule has 3 heteroatoms. The highest BCUT2D eigenvalue weighted by Crippen LogP contribution is 2.33. The molecule has 1 atom stereocenters. The van der Waals surface area contributed by atoms with E-state index in [0.29, 0.717) is 6.42 Å². The second kappa shape index (κ2) is 4.36. The fraction of sp³-hybridized carbons (Fsp3) is 0.385. The lowest BCUT2D eigenvalue weighted by atomic mass is 9.80. The Morgan fingerprint density at radius 2 is 2.31 bits per heavy atom. The van der Waals surface area contributed by atoms with Gasteiger partial charge in [-0.3, -0.25) is 4.79 Å². The first-order valence-corrected chi connectivity index (χ1v) is 5.32. The summed E-state index contributed by atoms with van der Waals surface area (Å²) in [5, 5.41) is 8.75. The van der Waals surface area contributed by atoms with Gasteiger partial charge in [0.05, 0.1) is 19.1 Å². The van der Waals surface area contributed by atoms with Crippen LogP contribution >= 0.6 is 0 Å². The maximum absolute atomic E-state index is 11.8. The first kappa shape index (κ1) is 10.7. The minimum absolute atomic E-state index is 0.169. The monoisotopic (exact) mass is 215 g/mol. The van der Waals surface area contributed by atoms with Crippen molar-refractivity contribution in [2.45, 2.75) is 25.2 Å². The molecule has 0 saturated heterocycles. The summed E-state index contributed by atoms with van der Waals surface area (Å²) in [5.41, 5.74) is 2.14. The van der Waals surface area contributed by atoms with Crippen LogP contribution in [0.1, 0.15) is 29.9 Å². The van der Waals surface area contributed by atoms with E-state index < -0.39 is 0 Å². The number of fused-ring (bicyclic) bond motifs is 1. The van der Waals surface area contributed by atoms with Crippen molar-refractivity contribution >= 4 is 5.78 Å². The summed E-state index contributed by atoms with van der Waals surface area (Å²) in [5.74, 6) is 0.655. The maximum Gasteiger partial charge on any atom is 0.141 e. The summed E-state index contributed by atoms with van der Waals surface area (Å²) in [6.07, 6.45) is 1.59. The van der Waals surface area contributed by atoms with E-state index in [1.165, 1.54) is 5.56 Å². The second-order valence-electron chi connectivity index (χ2n) is 3.95. The van der Waals surface area contributed by atoms with E-state index in [4.69, 9.17) is 10.00 Å². The first-order chi connectivity index (χ1) is 7.76. The van der Waals surface area contributed by atoms with E-state index in [2.05, 4.69) is 6.07 Å². The van der Waals surface area contributed by atoms with Crippen LogP contribution in [0.3, 0.4) is 0 Å². The number of nitrogens with zero attached hydrogens (tertiary/aromatic N) is 1. The van der Waals surface area contributed by atoms with Crippen molar-refractivity contribution in [3.8, 4) is 11.8 Å². The Labute approximate surface area is 94.6 Å². The van der Waals surface area contributed by atoms with E-state index in [1.807, 2.05) is 18.2 Å². The largest absolute Gasteiger partial charge is 0.497 e. The molecule has 1 aliphatic carbocycles. The molecule has 0 bridgehead atoms. The van der Waals surface area contributed by atoms with E-state index >= 15 is 0 Å². The topological polar surface area (TPSA) is 50.1 Å². The number of ether oxygens (including phenoxy) is 1. The summed E-state index contributed by atoms with van der Waals surface area (Å²) in [7, 11) is 1.60. The Morgan fingerprint density at radius 3 is 3.00 bits per heavy atom. The molecule has 3 nitrogen and oxygen atoms in total. The predicted octanol–water partition coefficient (Wildman–Crippen LogP) is 2.21. The second-order valence-corrected chi connectivity index (χ2v) is 3.95. The summed E-state index contributed by atoms with van der Waals surface area (Å²) >= 11 is 0. The molecule has 0 spiro atoms. The van der Waals surface area contributed by atoms with Crippen LogP contribution in [0.15, 0.2) is 18.2 Å². The molecule has 0 fully saturated rings. The quantitative estimate of drug-likeness (QED) is 0.760. The average Bonchev–Trinajstić information content (AvgIpc) is 2.32. The number of carbonyl (C=O) groups excluding carboxylic acids is 1. The predicted molar refractivity (Wildman–Crippen MR) is 59.3 cm³/mol. The molecule has 0 radical (unpaired) electrons. The molecule has 1 aromatic carbocycles. The molecule has 1 aromatic rings. The van der Waals surface area contributed by atoms with Gasteiger partial charge in [-0.25, -0.2) is 0 Å². The molecule has 0 heterocycles. The molecule has 1 unspecified atom stereocenters. The highest BCUT2D eigenvalue weighted by atomic mass is 16.5. The Morgan fingerprint density at radius 1 is 1.50 bits per heavy atom. The summed E-state index contributed by atoms with van der Waals surface area (Å²) < 4.78 is 5.15. The van der Waals surface area contributed by atoms with E-state index in [0.717, 1.165) is 17.7 Å². The number of rotatable bonds is 2. The zero-order valence-electron chi connectivity index (χ0n) is 9.19. The highest BCUT2D eigenvalue weighted by Gasteiger charge is 2.27. The van der Waals surface area contributed by atoms with Crippen LogP contribution in [0.25, 0.3) is 0 Å². The van der Waals surface area contributed by atoms with Gasteiger partial charge in [0.25, 0.3) is 0 Å². The van der Waals surface area contributed by atoms with Gasteiger partial charge in [0.1, 0.15) is 11.5 Å². The molecule has 0 aromatic heterocycles. The van der Waals surface area contributed by atoms with Gasteiger partial charge in [0, 0.05) is 12.8 Å². The molecular formula is C13H13NO2. The van der Waals surface area contributed by atoms with Gasteiger partial charge in [0.2, 0.25) is 0 Å². The van der Waals surface area contributed by atoms with Gasteiger partial charge in [-0.15, -0.1) is 0 Å². The van der Waals surface area contributed by atoms with Gasteiger partial charge in [-0.1, -0.05) is 6.07 Å². The fourth-order valence-electron chi connectivity index (χ4n) is 2.17. The fourth-order valence-corrected chi connectivity index (χ4v) is 2.17.